The zero-order chi connectivity index (χ0) is 17.4. The molecule has 0 unspecified atom stereocenters. The van der Waals surface area contributed by atoms with Crippen molar-refractivity contribution < 1.29 is 9.21 Å². The van der Waals surface area contributed by atoms with Crippen molar-refractivity contribution in [2.24, 2.45) is 5.73 Å². The van der Waals surface area contributed by atoms with Crippen LogP contribution in [0.5, 0.6) is 0 Å². The smallest absolute Gasteiger partial charge is 0.298 e. The van der Waals surface area contributed by atoms with Gasteiger partial charge in [-0.1, -0.05) is 25.3 Å². The zero-order valence-electron chi connectivity index (χ0n) is 14.8. The Kier molecular flexibility index (Phi) is 4.15. The van der Waals surface area contributed by atoms with Crippen LogP contribution in [-0.2, 0) is 4.79 Å². The SMILES string of the molecule is Cc1ccc2oc(N3CCN(C(=O)C4(N)CCCCC4)CC3)nc2c1. The molecule has 2 heterocycles. The number of oxazole rings is 1. The second-order valence-electron chi connectivity index (χ2n) is 7.46. The van der Waals surface area contributed by atoms with E-state index in [9.17, 15) is 4.79 Å². The molecule has 1 aliphatic carbocycles. The van der Waals surface area contributed by atoms with Gasteiger partial charge in [-0.2, -0.15) is 4.98 Å². The summed E-state index contributed by atoms with van der Waals surface area (Å²) in [6, 6.07) is 6.66. The van der Waals surface area contributed by atoms with Crippen molar-refractivity contribution in [1.29, 1.82) is 0 Å². The molecule has 0 atom stereocenters. The Morgan fingerprint density at radius 1 is 1.16 bits per heavy atom. The van der Waals surface area contributed by atoms with Gasteiger partial charge in [0.1, 0.15) is 5.52 Å². The number of carbonyl (C=O) groups excluding carboxylic acids is 1. The van der Waals surface area contributed by atoms with Gasteiger partial charge in [-0.3, -0.25) is 4.79 Å². The number of anilines is 1. The number of piperazine rings is 1. The first-order valence-corrected chi connectivity index (χ1v) is 9.26. The number of nitrogens with two attached hydrogens (primary N) is 1. The standard InChI is InChI=1S/C19H26N4O2/c1-14-5-6-16-15(13-14)21-18(25-16)23-11-9-22(10-12-23)17(24)19(20)7-3-2-4-8-19/h5-6,13H,2-4,7-12,20H2,1H3. The van der Waals surface area contributed by atoms with Crippen LogP contribution in [0.2, 0.25) is 0 Å². The van der Waals surface area contributed by atoms with Crippen molar-refractivity contribution in [3.05, 3.63) is 23.8 Å². The van der Waals surface area contributed by atoms with E-state index in [4.69, 9.17) is 10.2 Å². The summed E-state index contributed by atoms with van der Waals surface area (Å²) in [5, 5.41) is 0. The number of benzene rings is 1. The third-order valence-electron chi connectivity index (χ3n) is 5.54. The summed E-state index contributed by atoms with van der Waals surface area (Å²) in [7, 11) is 0. The first kappa shape index (κ1) is 16.4. The molecule has 1 saturated heterocycles. The van der Waals surface area contributed by atoms with Crippen LogP contribution in [-0.4, -0.2) is 47.5 Å². The minimum atomic E-state index is -0.643. The highest BCUT2D eigenvalue weighted by molar-refractivity contribution is 5.86. The van der Waals surface area contributed by atoms with Gasteiger partial charge in [-0.15, -0.1) is 0 Å². The average molecular weight is 342 g/mol. The van der Waals surface area contributed by atoms with Gasteiger partial charge in [0.15, 0.2) is 5.58 Å². The number of nitrogens with zero attached hydrogens (tertiary/aromatic N) is 3. The van der Waals surface area contributed by atoms with Crippen LogP contribution in [0.4, 0.5) is 6.01 Å². The van der Waals surface area contributed by atoms with E-state index in [1.807, 2.05) is 30.0 Å². The highest BCUT2D eigenvalue weighted by atomic mass is 16.4. The third kappa shape index (κ3) is 3.11. The lowest BCUT2D eigenvalue weighted by Gasteiger charge is -2.40. The van der Waals surface area contributed by atoms with E-state index in [0.717, 1.165) is 49.9 Å². The largest absolute Gasteiger partial charge is 0.423 e. The van der Waals surface area contributed by atoms with Crippen LogP contribution >= 0.6 is 0 Å². The number of amides is 1. The van der Waals surface area contributed by atoms with E-state index in [1.54, 1.807) is 0 Å². The number of aryl methyl sites for hydroxylation is 1. The predicted molar refractivity (Wildman–Crippen MR) is 97.5 cm³/mol. The van der Waals surface area contributed by atoms with E-state index in [0.29, 0.717) is 19.1 Å². The van der Waals surface area contributed by atoms with E-state index in [1.165, 1.54) is 12.0 Å². The van der Waals surface area contributed by atoms with Crippen molar-refractivity contribution in [3.63, 3.8) is 0 Å². The zero-order valence-corrected chi connectivity index (χ0v) is 14.8. The topological polar surface area (TPSA) is 75.6 Å². The maximum atomic E-state index is 12.8. The normalized spacial score (nSPS) is 20.9. The van der Waals surface area contributed by atoms with Gasteiger partial charge >= 0.3 is 0 Å². The highest BCUT2D eigenvalue weighted by Gasteiger charge is 2.39. The molecule has 1 amide bonds. The molecule has 6 heteroatoms. The predicted octanol–water partition coefficient (Wildman–Crippen LogP) is 2.45. The third-order valence-corrected chi connectivity index (χ3v) is 5.54. The molecule has 6 nitrogen and oxygen atoms in total. The molecule has 1 saturated carbocycles. The number of aromatic nitrogens is 1. The Morgan fingerprint density at radius 3 is 2.60 bits per heavy atom. The summed E-state index contributed by atoms with van der Waals surface area (Å²) in [5.74, 6) is 0.125. The van der Waals surface area contributed by atoms with E-state index < -0.39 is 5.54 Å². The van der Waals surface area contributed by atoms with Crippen molar-refractivity contribution in [2.75, 3.05) is 31.1 Å². The summed E-state index contributed by atoms with van der Waals surface area (Å²) in [4.78, 5) is 21.5. The summed E-state index contributed by atoms with van der Waals surface area (Å²) in [6.07, 6.45) is 4.94. The van der Waals surface area contributed by atoms with Gasteiger partial charge in [0.25, 0.3) is 6.01 Å². The van der Waals surface area contributed by atoms with Gasteiger partial charge in [-0.25, -0.2) is 0 Å². The quantitative estimate of drug-likeness (QED) is 0.907. The Bertz CT molecular complexity index is 771. The maximum absolute atomic E-state index is 12.8. The van der Waals surface area contributed by atoms with Gasteiger partial charge in [0, 0.05) is 26.2 Å². The molecule has 2 N–H and O–H groups in total. The first-order valence-electron chi connectivity index (χ1n) is 9.26. The molecule has 134 valence electrons. The molecule has 25 heavy (non-hydrogen) atoms. The van der Waals surface area contributed by atoms with Crippen LogP contribution in [0.15, 0.2) is 22.6 Å². The number of hydrogen-bond donors (Lipinski definition) is 1. The van der Waals surface area contributed by atoms with Crippen LogP contribution in [0.3, 0.4) is 0 Å². The first-order chi connectivity index (χ1) is 12.0. The van der Waals surface area contributed by atoms with Crippen LogP contribution < -0.4 is 10.6 Å². The fourth-order valence-electron chi connectivity index (χ4n) is 3.97. The fraction of sp³-hybridized carbons (Fsp3) is 0.579. The van der Waals surface area contributed by atoms with Crippen molar-refractivity contribution in [3.8, 4) is 0 Å². The number of rotatable bonds is 2. The molecular weight excluding hydrogens is 316 g/mol. The monoisotopic (exact) mass is 342 g/mol. The summed E-state index contributed by atoms with van der Waals surface area (Å²) in [5.41, 5.74) is 8.63. The number of carbonyl (C=O) groups is 1. The molecule has 0 bridgehead atoms. The Labute approximate surface area is 148 Å². The Hall–Kier alpha value is -2.08. The number of fused-ring (bicyclic) bond motifs is 1. The molecule has 1 aromatic heterocycles. The van der Waals surface area contributed by atoms with Crippen LogP contribution in [0.1, 0.15) is 37.7 Å². The molecule has 2 aromatic rings. The van der Waals surface area contributed by atoms with Gasteiger partial charge in [0.05, 0.1) is 5.54 Å². The van der Waals surface area contributed by atoms with E-state index in [2.05, 4.69) is 9.88 Å². The van der Waals surface area contributed by atoms with Gasteiger partial charge in [-0.05, 0) is 37.5 Å². The van der Waals surface area contributed by atoms with E-state index >= 15 is 0 Å². The summed E-state index contributed by atoms with van der Waals surface area (Å²) in [6.45, 7) is 4.86. The maximum Gasteiger partial charge on any atom is 0.298 e. The van der Waals surface area contributed by atoms with Crippen molar-refractivity contribution >= 4 is 23.0 Å². The average Bonchev–Trinajstić information content (AvgIpc) is 3.05. The molecule has 1 aromatic carbocycles. The highest BCUT2D eigenvalue weighted by Crippen LogP contribution is 2.29. The lowest BCUT2D eigenvalue weighted by molar-refractivity contribution is -0.138. The summed E-state index contributed by atoms with van der Waals surface area (Å²) >= 11 is 0. The Balaban J connectivity index is 1.42. The second-order valence-corrected chi connectivity index (χ2v) is 7.46. The van der Waals surface area contributed by atoms with E-state index in [-0.39, 0.29) is 5.91 Å². The minimum absolute atomic E-state index is 0.125. The molecule has 0 spiro atoms. The molecule has 0 radical (unpaired) electrons. The van der Waals surface area contributed by atoms with Crippen LogP contribution in [0.25, 0.3) is 11.1 Å². The Morgan fingerprint density at radius 2 is 1.88 bits per heavy atom. The molecular formula is C19H26N4O2. The van der Waals surface area contributed by atoms with Gasteiger partial charge in [0.2, 0.25) is 5.91 Å². The molecule has 1 aliphatic heterocycles. The second kappa shape index (κ2) is 6.33. The molecule has 2 aliphatic rings. The molecule has 2 fully saturated rings. The summed E-state index contributed by atoms with van der Waals surface area (Å²) < 4.78 is 5.88. The molecule has 4 rings (SSSR count). The van der Waals surface area contributed by atoms with Crippen molar-refractivity contribution in [1.82, 2.24) is 9.88 Å². The minimum Gasteiger partial charge on any atom is -0.423 e. The van der Waals surface area contributed by atoms with Gasteiger partial charge < -0.3 is 20.0 Å². The van der Waals surface area contributed by atoms with Crippen LogP contribution in [0, 0.1) is 6.92 Å². The van der Waals surface area contributed by atoms with Crippen molar-refractivity contribution in [2.45, 2.75) is 44.6 Å². The lowest BCUT2D eigenvalue weighted by atomic mass is 9.81. The fourth-order valence-corrected chi connectivity index (χ4v) is 3.97. The number of hydrogen-bond acceptors (Lipinski definition) is 5. The lowest BCUT2D eigenvalue weighted by Crippen LogP contribution is -2.60.